The monoisotopic (exact) mass is 265 g/mol. The quantitative estimate of drug-likeness (QED) is 0.790. The maximum atomic E-state index is 5.85. The molecule has 1 aliphatic rings. The van der Waals surface area contributed by atoms with Crippen LogP contribution in [-0.2, 0) is 10.2 Å². The van der Waals surface area contributed by atoms with Gasteiger partial charge in [0.2, 0.25) is 0 Å². The summed E-state index contributed by atoms with van der Waals surface area (Å²) in [7, 11) is 1.77. The zero-order chi connectivity index (χ0) is 14.2. The van der Waals surface area contributed by atoms with E-state index in [9.17, 15) is 0 Å². The third-order valence-electron chi connectivity index (χ3n) is 4.19. The van der Waals surface area contributed by atoms with E-state index in [1.807, 2.05) is 12.3 Å². The Morgan fingerprint density at radius 3 is 2.50 bits per heavy atom. The van der Waals surface area contributed by atoms with Gasteiger partial charge in [0.1, 0.15) is 0 Å². The number of ether oxygens (including phenoxy) is 1. The minimum atomic E-state index is -0.239. The first kappa shape index (κ1) is 13.1. The highest BCUT2D eigenvalue weighted by atomic mass is 16.5. The lowest BCUT2D eigenvalue weighted by Gasteiger charge is -2.38. The van der Waals surface area contributed by atoms with Gasteiger partial charge in [-0.05, 0) is 25.0 Å². The van der Waals surface area contributed by atoms with Gasteiger partial charge in [0.25, 0.3) is 0 Å². The number of para-hydroxylation sites is 1. The molecule has 1 aliphatic heterocycles. The molecule has 2 aromatic rings. The molecule has 0 aromatic heterocycles. The van der Waals surface area contributed by atoms with E-state index in [4.69, 9.17) is 9.73 Å². The highest BCUT2D eigenvalue weighted by Crippen LogP contribution is 2.46. The first-order valence-corrected chi connectivity index (χ1v) is 6.90. The topological polar surface area (TPSA) is 21.6 Å². The van der Waals surface area contributed by atoms with Gasteiger partial charge in [0.05, 0.1) is 17.2 Å². The minimum absolute atomic E-state index is 0.0164. The molecule has 0 radical (unpaired) electrons. The Hall–Kier alpha value is -1.93. The van der Waals surface area contributed by atoms with Crippen molar-refractivity contribution in [3.63, 3.8) is 0 Å². The zero-order valence-corrected chi connectivity index (χ0v) is 12.1. The fraction of sp³-hybridized carbons (Fsp3) is 0.278. The van der Waals surface area contributed by atoms with E-state index >= 15 is 0 Å². The third kappa shape index (κ3) is 1.88. The van der Waals surface area contributed by atoms with Crippen LogP contribution in [0.4, 0.5) is 5.69 Å². The average Bonchev–Trinajstić information content (AvgIpc) is 2.48. The first-order chi connectivity index (χ1) is 9.66. The summed E-state index contributed by atoms with van der Waals surface area (Å²) >= 11 is 0. The molecule has 0 saturated heterocycles. The van der Waals surface area contributed by atoms with Gasteiger partial charge in [-0.1, -0.05) is 48.5 Å². The molecule has 3 rings (SSSR count). The molecule has 2 atom stereocenters. The number of aliphatic imine (C=N–C) groups is 1. The molecular weight excluding hydrogens is 246 g/mol. The van der Waals surface area contributed by atoms with Crippen LogP contribution in [0.25, 0.3) is 0 Å². The number of methoxy groups -OCH3 is 1. The van der Waals surface area contributed by atoms with Crippen LogP contribution in [0.1, 0.15) is 29.7 Å². The van der Waals surface area contributed by atoms with Crippen LogP contribution >= 0.6 is 0 Å². The Labute approximate surface area is 120 Å². The Kier molecular flexibility index (Phi) is 3.19. The van der Waals surface area contributed by atoms with Crippen LogP contribution in [0, 0.1) is 6.92 Å². The van der Waals surface area contributed by atoms with Crippen molar-refractivity contribution in [3.05, 3.63) is 65.2 Å². The molecule has 0 bridgehead atoms. The predicted molar refractivity (Wildman–Crippen MR) is 82.9 cm³/mol. The van der Waals surface area contributed by atoms with Crippen LogP contribution in [-0.4, -0.2) is 13.3 Å². The van der Waals surface area contributed by atoms with Gasteiger partial charge >= 0.3 is 0 Å². The van der Waals surface area contributed by atoms with Crippen molar-refractivity contribution in [2.75, 3.05) is 7.11 Å². The van der Waals surface area contributed by atoms with Crippen LogP contribution in [0.3, 0.4) is 0 Å². The summed E-state index contributed by atoms with van der Waals surface area (Å²) in [6.07, 6.45) is 2.02. The summed E-state index contributed by atoms with van der Waals surface area (Å²) in [5.41, 5.74) is 4.39. The summed E-state index contributed by atoms with van der Waals surface area (Å²) in [5, 5.41) is 0. The van der Waals surface area contributed by atoms with Crippen molar-refractivity contribution in [1.82, 2.24) is 0 Å². The van der Waals surface area contributed by atoms with Gasteiger partial charge in [0, 0.05) is 18.9 Å². The van der Waals surface area contributed by atoms with Crippen molar-refractivity contribution in [2.24, 2.45) is 4.99 Å². The Morgan fingerprint density at radius 2 is 1.80 bits per heavy atom. The van der Waals surface area contributed by atoms with Gasteiger partial charge in [-0.15, -0.1) is 0 Å². The van der Waals surface area contributed by atoms with E-state index in [0.717, 1.165) is 5.69 Å². The number of fused-ring (bicyclic) bond motifs is 1. The summed E-state index contributed by atoms with van der Waals surface area (Å²) in [4.78, 5) is 4.72. The molecule has 0 N–H and O–H groups in total. The molecule has 2 unspecified atom stereocenters. The normalized spacial score (nSPS) is 24.4. The third-order valence-corrected chi connectivity index (χ3v) is 4.19. The van der Waals surface area contributed by atoms with Gasteiger partial charge in [-0.2, -0.15) is 0 Å². The minimum Gasteiger partial charge on any atom is -0.375 e. The van der Waals surface area contributed by atoms with E-state index in [1.54, 1.807) is 7.11 Å². The number of benzene rings is 2. The van der Waals surface area contributed by atoms with E-state index in [0.29, 0.717) is 0 Å². The van der Waals surface area contributed by atoms with E-state index in [-0.39, 0.29) is 11.5 Å². The lowest BCUT2D eigenvalue weighted by atomic mass is 9.73. The second-order valence-corrected chi connectivity index (χ2v) is 5.54. The van der Waals surface area contributed by atoms with Gasteiger partial charge in [0.15, 0.2) is 0 Å². The summed E-state index contributed by atoms with van der Waals surface area (Å²) in [6, 6.07) is 16.7. The number of hydrogen-bond donors (Lipinski definition) is 0. The van der Waals surface area contributed by atoms with Gasteiger partial charge in [-0.3, -0.25) is 4.99 Å². The fourth-order valence-electron chi connectivity index (χ4n) is 3.05. The molecule has 102 valence electrons. The van der Waals surface area contributed by atoms with Crippen molar-refractivity contribution in [2.45, 2.75) is 25.4 Å². The Balaban J connectivity index is 2.17. The van der Waals surface area contributed by atoms with Crippen molar-refractivity contribution >= 4 is 11.9 Å². The maximum Gasteiger partial charge on any atom is 0.0985 e. The summed E-state index contributed by atoms with van der Waals surface area (Å²) < 4.78 is 5.85. The van der Waals surface area contributed by atoms with Crippen molar-refractivity contribution in [3.8, 4) is 0 Å². The van der Waals surface area contributed by atoms with E-state index in [2.05, 4.69) is 56.3 Å². The lowest BCUT2D eigenvalue weighted by Crippen LogP contribution is -2.35. The van der Waals surface area contributed by atoms with Crippen molar-refractivity contribution in [1.29, 1.82) is 0 Å². The summed E-state index contributed by atoms with van der Waals surface area (Å²) in [5.74, 6) is 0. The number of nitrogens with zero attached hydrogens (tertiary/aromatic N) is 1. The van der Waals surface area contributed by atoms with Gasteiger partial charge < -0.3 is 4.74 Å². The van der Waals surface area contributed by atoms with E-state index in [1.165, 1.54) is 16.7 Å². The van der Waals surface area contributed by atoms with Crippen LogP contribution < -0.4 is 0 Å². The first-order valence-electron chi connectivity index (χ1n) is 6.90. The van der Waals surface area contributed by atoms with Crippen LogP contribution in [0.5, 0.6) is 0 Å². The summed E-state index contributed by atoms with van der Waals surface area (Å²) in [6.45, 7) is 4.28. The number of aryl methyl sites for hydroxylation is 1. The predicted octanol–water partition coefficient (Wildman–Crippen LogP) is 4.36. The van der Waals surface area contributed by atoms with Crippen LogP contribution in [0.15, 0.2) is 53.5 Å². The molecule has 0 spiro atoms. The molecular formula is C18H19NO. The number of hydrogen-bond acceptors (Lipinski definition) is 2. The Bertz CT molecular complexity index is 648. The molecule has 2 nitrogen and oxygen atoms in total. The van der Waals surface area contributed by atoms with Crippen molar-refractivity contribution < 1.29 is 4.74 Å². The smallest absolute Gasteiger partial charge is 0.0985 e. The zero-order valence-electron chi connectivity index (χ0n) is 12.1. The number of rotatable bonds is 2. The maximum absolute atomic E-state index is 5.85. The molecule has 0 aliphatic carbocycles. The standard InChI is InChI=1S/C18H19NO/c1-13-8-7-11-15-16(13)19-12-18(2,17(15)20-3)14-9-5-4-6-10-14/h4-12,17H,1-3H3. The molecule has 2 aromatic carbocycles. The molecule has 20 heavy (non-hydrogen) atoms. The molecule has 2 heteroatoms. The lowest BCUT2D eigenvalue weighted by molar-refractivity contribution is 0.0643. The SMILES string of the molecule is COC1c2cccc(C)c2N=CC1(C)c1ccccc1. The molecule has 0 amide bonds. The second-order valence-electron chi connectivity index (χ2n) is 5.54. The molecule has 0 fully saturated rings. The van der Waals surface area contributed by atoms with Gasteiger partial charge in [-0.25, -0.2) is 0 Å². The molecule has 0 saturated carbocycles. The highest BCUT2D eigenvalue weighted by Gasteiger charge is 2.39. The largest absolute Gasteiger partial charge is 0.375 e. The van der Waals surface area contributed by atoms with E-state index < -0.39 is 0 Å². The Morgan fingerprint density at radius 1 is 1.05 bits per heavy atom. The molecule has 1 heterocycles. The fourth-order valence-corrected chi connectivity index (χ4v) is 3.05. The highest BCUT2D eigenvalue weighted by molar-refractivity contribution is 5.82. The average molecular weight is 265 g/mol. The second kappa shape index (κ2) is 4.88. The van der Waals surface area contributed by atoms with Crippen LogP contribution in [0.2, 0.25) is 0 Å².